The van der Waals surface area contributed by atoms with Crippen LogP contribution in [0.3, 0.4) is 0 Å². The number of aromatic nitrogens is 2. The van der Waals surface area contributed by atoms with Gasteiger partial charge in [-0.2, -0.15) is 0 Å². The van der Waals surface area contributed by atoms with Crippen molar-refractivity contribution in [3.8, 4) is 10.7 Å². The van der Waals surface area contributed by atoms with E-state index in [2.05, 4.69) is 35.0 Å². The van der Waals surface area contributed by atoms with E-state index in [0.717, 1.165) is 43.2 Å². The van der Waals surface area contributed by atoms with Crippen molar-refractivity contribution in [1.82, 2.24) is 19.8 Å². The molecule has 7 nitrogen and oxygen atoms in total. The molecule has 4 rings (SSSR count). The first-order valence-electron chi connectivity index (χ1n) is 11.7. The summed E-state index contributed by atoms with van der Waals surface area (Å²) in [6.45, 7) is 12.2. The van der Waals surface area contributed by atoms with E-state index in [1.54, 1.807) is 0 Å². The van der Waals surface area contributed by atoms with Crippen LogP contribution in [0, 0.1) is 0 Å². The highest BCUT2D eigenvalue weighted by molar-refractivity contribution is 7.13. The Morgan fingerprint density at radius 1 is 1.12 bits per heavy atom. The first-order valence-corrected chi connectivity index (χ1v) is 12.6. The van der Waals surface area contributed by atoms with Gasteiger partial charge in [0.2, 0.25) is 5.91 Å². The summed E-state index contributed by atoms with van der Waals surface area (Å²) < 4.78 is 1.51. The first-order chi connectivity index (χ1) is 15.8. The molecule has 3 heterocycles. The van der Waals surface area contributed by atoms with Crippen LogP contribution in [-0.4, -0.2) is 58.6 Å². The molecule has 1 N–H and O–H groups in total. The van der Waals surface area contributed by atoms with Gasteiger partial charge in [0.25, 0.3) is 5.56 Å². The quantitative estimate of drug-likeness (QED) is 0.600. The molecule has 8 heteroatoms. The third-order valence-electron chi connectivity index (χ3n) is 6.06. The minimum atomic E-state index is -0.191. The third kappa shape index (κ3) is 5.28. The first kappa shape index (κ1) is 23.4. The van der Waals surface area contributed by atoms with Crippen LogP contribution in [0.4, 0.5) is 5.69 Å². The number of fused-ring (bicyclic) bond motifs is 1. The Hall–Kier alpha value is -2.71. The van der Waals surface area contributed by atoms with Gasteiger partial charge in [-0.1, -0.05) is 6.07 Å². The summed E-state index contributed by atoms with van der Waals surface area (Å²) in [5, 5.41) is 5.39. The number of benzene rings is 1. The highest BCUT2D eigenvalue weighted by Gasteiger charge is 2.20. The molecule has 2 aromatic heterocycles. The molecule has 1 aromatic carbocycles. The van der Waals surface area contributed by atoms with Gasteiger partial charge in [-0.25, -0.2) is 4.98 Å². The summed E-state index contributed by atoms with van der Waals surface area (Å²) in [5.41, 5.74) is 1.52. The van der Waals surface area contributed by atoms with Crippen LogP contribution in [-0.2, 0) is 11.3 Å². The standard InChI is InChI=1S/C25H33N5O2S/c1-17(2)26-23(31)16-30-24(22-7-5-14-33-22)27-21-9-8-19(15-20(21)25(30)32)29-11-6-10-28(12-13-29)18(3)4/h5,7-9,14-15,17-18H,6,10-13,16H2,1-4H3,(H,26,31). The molecule has 1 saturated heterocycles. The van der Waals surface area contributed by atoms with Crippen molar-refractivity contribution in [2.45, 2.75) is 52.7 Å². The number of nitrogens with zero attached hydrogens (tertiary/aromatic N) is 4. The molecule has 1 aliphatic rings. The molecule has 1 aliphatic heterocycles. The average molecular weight is 468 g/mol. The smallest absolute Gasteiger partial charge is 0.262 e. The molecular formula is C25H33N5O2S. The average Bonchev–Trinajstić information content (AvgIpc) is 3.18. The van der Waals surface area contributed by atoms with Gasteiger partial charge in [-0.15, -0.1) is 11.3 Å². The number of hydrogen-bond donors (Lipinski definition) is 1. The lowest BCUT2D eigenvalue weighted by atomic mass is 10.2. The largest absolute Gasteiger partial charge is 0.370 e. The summed E-state index contributed by atoms with van der Waals surface area (Å²) >= 11 is 1.51. The molecule has 33 heavy (non-hydrogen) atoms. The number of nitrogens with one attached hydrogen (secondary N) is 1. The van der Waals surface area contributed by atoms with Crippen molar-refractivity contribution < 1.29 is 4.79 Å². The van der Waals surface area contributed by atoms with Crippen LogP contribution in [0.15, 0.2) is 40.5 Å². The zero-order valence-electron chi connectivity index (χ0n) is 19.9. The molecule has 0 aliphatic carbocycles. The number of thiophene rings is 1. The van der Waals surface area contributed by atoms with Crippen LogP contribution in [0.2, 0.25) is 0 Å². The monoisotopic (exact) mass is 467 g/mol. The SMILES string of the molecule is CC(C)NC(=O)Cn1c(-c2cccs2)nc2ccc(N3CCCN(C(C)C)CC3)cc2c1=O. The summed E-state index contributed by atoms with van der Waals surface area (Å²) in [7, 11) is 0. The third-order valence-corrected chi connectivity index (χ3v) is 6.92. The van der Waals surface area contributed by atoms with E-state index in [-0.39, 0.29) is 24.1 Å². The summed E-state index contributed by atoms with van der Waals surface area (Å²) in [5.74, 6) is 0.347. The second kappa shape index (κ2) is 10.1. The van der Waals surface area contributed by atoms with Gasteiger partial charge < -0.3 is 10.2 Å². The second-order valence-electron chi connectivity index (χ2n) is 9.20. The Bertz CT molecular complexity index is 1170. The number of carbonyl (C=O) groups is 1. The van der Waals surface area contributed by atoms with E-state index in [4.69, 9.17) is 4.98 Å². The van der Waals surface area contributed by atoms with E-state index in [9.17, 15) is 9.59 Å². The van der Waals surface area contributed by atoms with Gasteiger partial charge in [0, 0.05) is 44.0 Å². The maximum absolute atomic E-state index is 13.6. The lowest BCUT2D eigenvalue weighted by Crippen LogP contribution is -2.37. The van der Waals surface area contributed by atoms with E-state index in [1.807, 2.05) is 43.5 Å². The van der Waals surface area contributed by atoms with Crippen molar-refractivity contribution in [3.63, 3.8) is 0 Å². The van der Waals surface area contributed by atoms with Gasteiger partial charge in [-0.05, 0) is 63.8 Å². The molecule has 176 valence electrons. The lowest BCUT2D eigenvalue weighted by Gasteiger charge is -2.26. The molecule has 3 aromatic rings. The normalized spacial score (nSPS) is 15.4. The Labute approximate surface area is 199 Å². The molecular weight excluding hydrogens is 434 g/mol. The Morgan fingerprint density at radius 2 is 1.94 bits per heavy atom. The molecule has 0 spiro atoms. The minimum absolute atomic E-state index is 0.00634. The van der Waals surface area contributed by atoms with Gasteiger partial charge in [0.05, 0.1) is 15.8 Å². The maximum atomic E-state index is 13.6. The van der Waals surface area contributed by atoms with Crippen LogP contribution < -0.4 is 15.8 Å². The molecule has 0 radical (unpaired) electrons. The summed E-state index contributed by atoms with van der Waals surface area (Å²) in [6, 6.07) is 10.3. The Morgan fingerprint density at radius 3 is 2.64 bits per heavy atom. The minimum Gasteiger partial charge on any atom is -0.370 e. The highest BCUT2D eigenvalue weighted by Crippen LogP contribution is 2.26. The van der Waals surface area contributed by atoms with Crippen LogP contribution in [0.5, 0.6) is 0 Å². The number of carbonyl (C=O) groups excluding carboxylic acids is 1. The summed E-state index contributed by atoms with van der Waals surface area (Å²) in [4.78, 5) is 36.7. The Balaban J connectivity index is 1.73. The predicted molar refractivity (Wildman–Crippen MR) is 136 cm³/mol. The number of hydrogen-bond acceptors (Lipinski definition) is 6. The fourth-order valence-corrected chi connectivity index (χ4v) is 5.09. The van der Waals surface area contributed by atoms with Crippen LogP contribution >= 0.6 is 11.3 Å². The van der Waals surface area contributed by atoms with Gasteiger partial charge in [0.1, 0.15) is 6.54 Å². The van der Waals surface area contributed by atoms with Crippen molar-refractivity contribution in [2.75, 3.05) is 31.1 Å². The van der Waals surface area contributed by atoms with Crippen molar-refractivity contribution >= 4 is 33.8 Å². The lowest BCUT2D eigenvalue weighted by molar-refractivity contribution is -0.122. The van der Waals surface area contributed by atoms with Crippen molar-refractivity contribution in [1.29, 1.82) is 0 Å². The van der Waals surface area contributed by atoms with E-state index >= 15 is 0 Å². The van der Waals surface area contributed by atoms with E-state index < -0.39 is 0 Å². The van der Waals surface area contributed by atoms with Gasteiger partial charge >= 0.3 is 0 Å². The van der Waals surface area contributed by atoms with Crippen LogP contribution in [0.1, 0.15) is 34.1 Å². The predicted octanol–water partition coefficient (Wildman–Crippen LogP) is 3.57. The number of amides is 1. The van der Waals surface area contributed by atoms with Gasteiger partial charge in [0.15, 0.2) is 5.82 Å². The number of anilines is 1. The molecule has 0 saturated carbocycles. The van der Waals surface area contributed by atoms with Gasteiger partial charge in [-0.3, -0.25) is 19.1 Å². The topological polar surface area (TPSA) is 70.5 Å². The molecule has 0 atom stereocenters. The second-order valence-corrected chi connectivity index (χ2v) is 10.1. The number of rotatable bonds is 6. The van der Waals surface area contributed by atoms with Crippen LogP contribution in [0.25, 0.3) is 21.6 Å². The van der Waals surface area contributed by atoms with E-state index in [1.165, 1.54) is 15.9 Å². The van der Waals surface area contributed by atoms with Crippen molar-refractivity contribution in [2.24, 2.45) is 0 Å². The van der Waals surface area contributed by atoms with Crippen molar-refractivity contribution in [3.05, 3.63) is 46.1 Å². The Kier molecular flexibility index (Phi) is 7.14. The maximum Gasteiger partial charge on any atom is 0.262 e. The molecule has 1 amide bonds. The zero-order chi connectivity index (χ0) is 23.5. The fourth-order valence-electron chi connectivity index (χ4n) is 4.37. The molecule has 0 unspecified atom stereocenters. The fraction of sp³-hybridized carbons (Fsp3) is 0.480. The van der Waals surface area contributed by atoms with E-state index in [0.29, 0.717) is 22.8 Å². The molecule has 0 bridgehead atoms. The zero-order valence-corrected chi connectivity index (χ0v) is 20.7. The summed E-state index contributed by atoms with van der Waals surface area (Å²) in [6.07, 6.45) is 1.09. The molecule has 1 fully saturated rings. The highest BCUT2D eigenvalue weighted by atomic mass is 32.1.